The van der Waals surface area contributed by atoms with Crippen molar-refractivity contribution in [1.82, 2.24) is 29.1 Å². The van der Waals surface area contributed by atoms with Crippen molar-refractivity contribution >= 4 is 38.7 Å². The van der Waals surface area contributed by atoms with Gasteiger partial charge in [-0.1, -0.05) is 42.5 Å². The Morgan fingerprint density at radius 3 is 2.38 bits per heavy atom. The fraction of sp³-hybridized carbons (Fsp3) is 0.0385. The van der Waals surface area contributed by atoms with Gasteiger partial charge in [0.25, 0.3) is 0 Å². The molecule has 7 rings (SSSR count). The maximum atomic E-state index is 5.02. The first kappa shape index (κ1) is 17.3. The first-order chi connectivity index (χ1) is 15.8. The summed E-state index contributed by atoms with van der Waals surface area (Å²) in [4.78, 5) is 13.4. The smallest absolute Gasteiger partial charge is 0.150 e. The van der Waals surface area contributed by atoms with E-state index < -0.39 is 0 Å². The van der Waals surface area contributed by atoms with Crippen molar-refractivity contribution in [2.75, 3.05) is 0 Å². The Kier molecular flexibility index (Phi) is 3.38. The van der Waals surface area contributed by atoms with Crippen LogP contribution >= 0.6 is 0 Å². The van der Waals surface area contributed by atoms with Gasteiger partial charge in [0, 0.05) is 5.39 Å². The van der Waals surface area contributed by atoms with Gasteiger partial charge in [0.15, 0.2) is 5.65 Å². The van der Waals surface area contributed by atoms with E-state index in [0.717, 1.165) is 61.5 Å². The van der Waals surface area contributed by atoms with Gasteiger partial charge in [-0.3, -0.25) is 4.40 Å². The third kappa shape index (κ3) is 2.32. The Labute approximate surface area is 182 Å². The highest BCUT2D eigenvalue weighted by atomic mass is 15.3. The van der Waals surface area contributed by atoms with E-state index in [1.165, 1.54) is 0 Å². The molecule has 0 amide bonds. The van der Waals surface area contributed by atoms with E-state index in [1.54, 1.807) is 0 Å². The number of H-pyrrole nitrogens is 1. The molecule has 0 aliphatic carbocycles. The van der Waals surface area contributed by atoms with E-state index in [2.05, 4.69) is 40.6 Å². The lowest BCUT2D eigenvalue weighted by Gasteiger charge is -2.08. The highest BCUT2D eigenvalue weighted by molar-refractivity contribution is 5.98. The van der Waals surface area contributed by atoms with Gasteiger partial charge in [-0.15, -0.1) is 0 Å². The van der Waals surface area contributed by atoms with E-state index in [1.807, 2.05) is 65.3 Å². The van der Waals surface area contributed by atoms with Crippen LogP contribution in [0, 0.1) is 6.92 Å². The third-order valence-electron chi connectivity index (χ3n) is 6.03. The fourth-order valence-corrected chi connectivity index (χ4v) is 4.55. The number of hydrogen-bond acceptors (Lipinski definition) is 3. The molecular formula is C26H18N6. The SMILES string of the molecule is Cc1nn(-c2ccccc2)c2c1cc(-c1nc3ccccc3[nH]1)c1nc3ccccc3n12. The summed E-state index contributed by atoms with van der Waals surface area (Å²) in [6.45, 7) is 2.05. The number of nitrogens with zero attached hydrogens (tertiary/aromatic N) is 5. The molecule has 6 heteroatoms. The van der Waals surface area contributed by atoms with Crippen molar-refractivity contribution in [2.45, 2.75) is 6.92 Å². The molecule has 0 bridgehead atoms. The molecule has 0 saturated carbocycles. The van der Waals surface area contributed by atoms with Crippen molar-refractivity contribution in [2.24, 2.45) is 0 Å². The maximum Gasteiger partial charge on any atom is 0.150 e. The Hall–Kier alpha value is -4.45. The fourth-order valence-electron chi connectivity index (χ4n) is 4.55. The molecule has 0 radical (unpaired) electrons. The predicted molar refractivity (Wildman–Crippen MR) is 127 cm³/mol. The quantitative estimate of drug-likeness (QED) is 0.396. The molecule has 3 aromatic carbocycles. The molecule has 4 heterocycles. The average Bonchev–Trinajstić information content (AvgIpc) is 3.52. The largest absolute Gasteiger partial charge is 0.338 e. The first-order valence-corrected chi connectivity index (χ1v) is 10.6. The number of hydrogen-bond donors (Lipinski definition) is 1. The minimum atomic E-state index is 0.806. The van der Waals surface area contributed by atoms with Crippen LogP contribution in [-0.2, 0) is 0 Å². The van der Waals surface area contributed by atoms with Gasteiger partial charge in [-0.25, -0.2) is 14.6 Å². The summed E-state index contributed by atoms with van der Waals surface area (Å²) in [5.41, 5.74) is 8.72. The molecule has 4 aromatic heterocycles. The second kappa shape index (κ2) is 6.28. The number of aromatic amines is 1. The van der Waals surface area contributed by atoms with Gasteiger partial charge in [0.05, 0.1) is 39.0 Å². The molecule has 7 aromatic rings. The highest BCUT2D eigenvalue weighted by Gasteiger charge is 2.21. The van der Waals surface area contributed by atoms with Crippen molar-refractivity contribution in [3.05, 3.63) is 90.6 Å². The third-order valence-corrected chi connectivity index (χ3v) is 6.03. The summed E-state index contributed by atoms with van der Waals surface area (Å²) >= 11 is 0. The van der Waals surface area contributed by atoms with Crippen LogP contribution in [0.25, 0.3) is 55.8 Å². The lowest BCUT2D eigenvalue weighted by atomic mass is 10.2. The van der Waals surface area contributed by atoms with Crippen LogP contribution in [0.3, 0.4) is 0 Å². The monoisotopic (exact) mass is 414 g/mol. The van der Waals surface area contributed by atoms with E-state index in [-0.39, 0.29) is 0 Å². The molecule has 6 nitrogen and oxygen atoms in total. The van der Waals surface area contributed by atoms with Crippen molar-refractivity contribution in [3.63, 3.8) is 0 Å². The summed E-state index contributed by atoms with van der Waals surface area (Å²) < 4.78 is 4.22. The highest BCUT2D eigenvalue weighted by Crippen LogP contribution is 2.34. The standard InChI is InChI=1S/C26H18N6/c1-16-18-15-19(24-27-20-11-5-6-12-21(20)28-24)25-29-22-13-7-8-14-23(22)31(25)26(18)32(30-16)17-9-3-2-4-10-17/h2-15H,1H3,(H,27,28). The molecule has 1 N–H and O–H groups in total. The molecule has 0 fully saturated rings. The van der Waals surface area contributed by atoms with Crippen molar-refractivity contribution in [1.29, 1.82) is 0 Å². The number of pyridine rings is 1. The molecule has 152 valence electrons. The van der Waals surface area contributed by atoms with Gasteiger partial charge in [0.2, 0.25) is 0 Å². The lowest BCUT2D eigenvalue weighted by molar-refractivity contribution is 0.873. The molecule has 0 unspecified atom stereocenters. The van der Waals surface area contributed by atoms with Crippen LogP contribution in [-0.4, -0.2) is 29.1 Å². The first-order valence-electron chi connectivity index (χ1n) is 10.6. The Morgan fingerprint density at radius 2 is 1.53 bits per heavy atom. The summed E-state index contributed by atoms with van der Waals surface area (Å²) in [6, 6.07) is 28.7. The Bertz CT molecular complexity index is 1750. The molecule has 0 aliphatic heterocycles. The molecule has 0 aliphatic rings. The zero-order chi connectivity index (χ0) is 21.2. The number of rotatable bonds is 2. The van der Waals surface area contributed by atoms with Gasteiger partial charge in [-0.2, -0.15) is 5.10 Å². The number of imidazole rings is 2. The summed E-state index contributed by atoms with van der Waals surface area (Å²) in [5, 5.41) is 5.98. The minimum Gasteiger partial charge on any atom is -0.338 e. The molecule has 0 atom stereocenters. The number of aromatic nitrogens is 6. The van der Waals surface area contributed by atoms with Crippen LogP contribution in [0.5, 0.6) is 0 Å². The zero-order valence-electron chi connectivity index (χ0n) is 17.3. The molecule has 32 heavy (non-hydrogen) atoms. The summed E-state index contributed by atoms with van der Waals surface area (Å²) in [5.74, 6) is 0.806. The van der Waals surface area contributed by atoms with Crippen molar-refractivity contribution in [3.8, 4) is 17.1 Å². The van der Waals surface area contributed by atoms with Gasteiger partial charge in [0.1, 0.15) is 11.5 Å². The number of para-hydroxylation sites is 5. The molecular weight excluding hydrogens is 396 g/mol. The minimum absolute atomic E-state index is 0.806. The van der Waals surface area contributed by atoms with Crippen LogP contribution in [0.1, 0.15) is 5.69 Å². The number of aryl methyl sites for hydroxylation is 1. The second-order valence-electron chi connectivity index (χ2n) is 7.99. The van der Waals surface area contributed by atoms with Gasteiger partial charge < -0.3 is 4.98 Å². The normalized spacial score (nSPS) is 11.9. The maximum absolute atomic E-state index is 5.02. The van der Waals surface area contributed by atoms with E-state index in [0.29, 0.717) is 0 Å². The predicted octanol–water partition coefficient (Wildman–Crippen LogP) is 5.68. The molecule has 0 saturated heterocycles. The average molecular weight is 414 g/mol. The Morgan fingerprint density at radius 1 is 0.781 bits per heavy atom. The number of nitrogens with one attached hydrogen (secondary N) is 1. The van der Waals surface area contributed by atoms with E-state index >= 15 is 0 Å². The van der Waals surface area contributed by atoms with Gasteiger partial charge >= 0.3 is 0 Å². The van der Waals surface area contributed by atoms with Crippen LogP contribution in [0.15, 0.2) is 84.9 Å². The number of benzene rings is 3. The van der Waals surface area contributed by atoms with Crippen molar-refractivity contribution < 1.29 is 0 Å². The Balaban J connectivity index is 1.67. The molecule has 0 spiro atoms. The van der Waals surface area contributed by atoms with E-state index in [9.17, 15) is 0 Å². The summed E-state index contributed by atoms with van der Waals surface area (Å²) in [6.07, 6.45) is 0. The summed E-state index contributed by atoms with van der Waals surface area (Å²) in [7, 11) is 0. The number of fused-ring (bicyclic) bond motifs is 6. The van der Waals surface area contributed by atoms with Crippen LogP contribution in [0.4, 0.5) is 0 Å². The van der Waals surface area contributed by atoms with Crippen LogP contribution in [0.2, 0.25) is 0 Å². The second-order valence-corrected chi connectivity index (χ2v) is 7.99. The topological polar surface area (TPSA) is 63.8 Å². The van der Waals surface area contributed by atoms with E-state index in [4.69, 9.17) is 15.1 Å². The van der Waals surface area contributed by atoms with Crippen LogP contribution < -0.4 is 0 Å². The van der Waals surface area contributed by atoms with Gasteiger partial charge in [-0.05, 0) is 49.4 Å². The zero-order valence-corrected chi connectivity index (χ0v) is 17.3. The lowest BCUT2D eigenvalue weighted by Crippen LogP contribution is -2.01.